The van der Waals surface area contributed by atoms with E-state index in [4.69, 9.17) is 0 Å². The molecule has 0 atom stereocenters. The molecule has 0 radical (unpaired) electrons. The predicted molar refractivity (Wildman–Crippen MR) is 148 cm³/mol. The SMILES string of the molecule is CCCCCCCCN1C(=O)c2c(C)sc(-c3cc4c(C)c5sc(C)cc5c(C)c4s3)c2C1=O. The highest BCUT2D eigenvalue weighted by Crippen LogP contribution is 2.48. The van der Waals surface area contributed by atoms with Gasteiger partial charge in [0, 0.05) is 30.6 Å². The van der Waals surface area contributed by atoms with Crippen molar-refractivity contribution in [1.29, 1.82) is 0 Å². The number of carbonyl (C=O) groups excluding carboxylic acids is 2. The van der Waals surface area contributed by atoms with Crippen LogP contribution in [0.2, 0.25) is 0 Å². The van der Waals surface area contributed by atoms with Crippen molar-refractivity contribution in [2.75, 3.05) is 6.54 Å². The summed E-state index contributed by atoms with van der Waals surface area (Å²) in [6, 6.07) is 4.53. The van der Waals surface area contributed by atoms with Crippen LogP contribution in [0, 0.1) is 27.7 Å². The Kier molecular flexibility index (Phi) is 6.42. The summed E-state index contributed by atoms with van der Waals surface area (Å²) in [7, 11) is 0. The number of amides is 2. The first-order valence-electron chi connectivity index (χ1n) is 12.3. The number of hydrogen-bond donors (Lipinski definition) is 0. The molecule has 2 amide bonds. The number of nitrogens with zero attached hydrogens (tertiary/aromatic N) is 1. The van der Waals surface area contributed by atoms with Crippen molar-refractivity contribution < 1.29 is 9.59 Å². The smallest absolute Gasteiger partial charge is 0.263 e. The highest BCUT2D eigenvalue weighted by Gasteiger charge is 2.41. The Morgan fingerprint density at radius 1 is 0.735 bits per heavy atom. The minimum atomic E-state index is -0.101. The molecule has 1 aliphatic rings. The number of unbranched alkanes of at least 4 members (excludes halogenated alkanes) is 5. The maximum atomic E-state index is 13.4. The molecule has 0 fully saturated rings. The van der Waals surface area contributed by atoms with E-state index < -0.39 is 0 Å². The fourth-order valence-electron chi connectivity index (χ4n) is 5.17. The van der Waals surface area contributed by atoms with Gasteiger partial charge < -0.3 is 0 Å². The molecule has 0 unspecified atom stereocenters. The maximum Gasteiger partial charge on any atom is 0.263 e. The molecular weight excluding hydrogens is 479 g/mol. The van der Waals surface area contributed by atoms with Gasteiger partial charge in [0.1, 0.15) is 0 Å². The van der Waals surface area contributed by atoms with Crippen LogP contribution < -0.4 is 0 Å². The molecule has 4 heterocycles. The van der Waals surface area contributed by atoms with Gasteiger partial charge in [-0.3, -0.25) is 14.5 Å². The first-order valence-corrected chi connectivity index (χ1v) is 14.7. The van der Waals surface area contributed by atoms with Gasteiger partial charge in [-0.05, 0) is 68.1 Å². The van der Waals surface area contributed by atoms with E-state index >= 15 is 0 Å². The first kappa shape index (κ1) is 23.7. The number of benzene rings is 1. The van der Waals surface area contributed by atoms with Gasteiger partial charge in [-0.15, -0.1) is 34.0 Å². The third-order valence-electron chi connectivity index (χ3n) is 7.04. The van der Waals surface area contributed by atoms with Gasteiger partial charge in [-0.2, -0.15) is 0 Å². The Hall–Kier alpha value is -2.02. The van der Waals surface area contributed by atoms with Crippen molar-refractivity contribution in [2.24, 2.45) is 0 Å². The van der Waals surface area contributed by atoms with Crippen LogP contribution in [-0.2, 0) is 0 Å². The quantitative estimate of drug-likeness (QED) is 0.175. The van der Waals surface area contributed by atoms with Gasteiger partial charge in [0.15, 0.2) is 0 Å². The molecule has 0 bridgehead atoms. The lowest BCUT2D eigenvalue weighted by molar-refractivity contribution is 0.0651. The van der Waals surface area contributed by atoms with Crippen molar-refractivity contribution in [3.05, 3.63) is 44.1 Å². The monoisotopic (exact) mass is 509 g/mol. The van der Waals surface area contributed by atoms with E-state index in [1.807, 2.05) is 18.3 Å². The Morgan fingerprint density at radius 3 is 2.09 bits per heavy atom. The van der Waals surface area contributed by atoms with E-state index in [2.05, 4.69) is 39.8 Å². The number of imide groups is 1. The third-order valence-corrected chi connectivity index (χ3v) is 10.7. The normalized spacial score (nSPS) is 13.7. The topological polar surface area (TPSA) is 37.4 Å². The summed E-state index contributed by atoms with van der Waals surface area (Å²) in [6.07, 6.45) is 6.85. The van der Waals surface area contributed by atoms with Crippen molar-refractivity contribution in [3.8, 4) is 9.75 Å². The van der Waals surface area contributed by atoms with Gasteiger partial charge in [-0.25, -0.2) is 0 Å². The Morgan fingerprint density at radius 2 is 1.35 bits per heavy atom. The molecule has 0 N–H and O–H groups in total. The fourth-order valence-corrected chi connectivity index (χ4v) is 8.73. The molecule has 178 valence electrons. The van der Waals surface area contributed by atoms with E-state index in [-0.39, 0.29) is 11.8 Å². The second-order valence-corrected chi connectivity index (χ2v) is 13.0. The highest BCUT2D eigenvalue weighted by molar-refractivity contribution is 7.27. The van der Waals surface area contributed by atoms with Crippen LogP contribution in [0.15, 0.2) is 12.1 Å². The summed E-state index contributed by atoms with van der Waals surface area (Å²) >= 11 is 5.21. The lowest BCUT2D eigenvalue weighted by Gasteiger charge is -2.14. The number of thiophene rings is 3. The standard InChI is InChI=1S/C28H31NO2S3/c1-6-7-8-9-10-11-12-29-27(30)22-18(5)33-26(23(22)28(29)31)21-14-20-17(4)24-19(13-15(2)32-24)16(3)25(20)34-21/h13-14H,6-12H2,1-5H3. The van der Waals surface area contributed by atoms with E-state index in [1.54, 1.807) is 22.7 Å². The Labute approximate surface area is 213 Å². The van der Waals surface area contributed by atoms with Crippen LogP contribution in [0.1, 0.15) is 87.0 Å². The van der Waals surface area contributed by atoms with Crippen LogP contribution >= 0.6 is 34.0 Å². The van der Waals surface area contributed by atoms with Gasteiger partial charge in [-0.1, -0.05) is 39.0 Å². The molecule has 1 aromatic carbocycles. The van der Waals surface area contributed by atoms with Crippen molar-refractivity contribution in [1.82, 2.24) is 4.90 Å². The van der Waals surface area contributed by atoms with Gasteiger partial charge in [0.05, 0.1) is 16.0 Å². The molecule has 0 aliphatic carbocycles. The second-order valence-electron chi connectivity index (χ2n) is 9.47. The molecule has 5 rings (SSSR count). The van der Waals surface area contributed by atoms with Crippen LogP contribution in [0.5, 0.6) is 0 Å². The number of hydrogen-bond acceptors (Lipinski definition) is 5. The van der Waals surface area contributed by atoms with Crippen molar-refractivity contribution in [3.63, 3.8) is 0 Å². The zero-order chi connectivity index (χ0) is 24.1. The summed E-state index contributed by atoms with van der Waals surface area (Å²) in [5, 5.41) is 2.61. The number of fused-ring (bicyclic) bond motifs is 3. The van der Waals surface area contributed by atoms with E-state index in [0.717, 1.165) is 27.5 Å². The molecule has 3 nitrogen and oxygen atoms in total. The maximum absolute atomic E-state index is 13.4. The fraction of sp³-hybridized carbons (Fsp3) is 0.429. The zero-order valence-corrected chi connectivity index (χ0v) is 23.0. The summed E-state index contributed by atoms with van der Waals surface area (Å²) in [5.41, 5.74) is 3.90. The average Bonchev–Trinajstić information content (AvgIpc) is 3.55. The van der Waals surface area contributed by atoms with E-state index in [9.17, 15) is 9.59 Å². The van der Waals surface area contributed by atoms with Crippen molar-refractivity contribution in [2.45, 2.75) is 73.1 Å². The summed E-state index contributed by atoms with van der Waals surface area (Å²) in [6.45, 7) is 11.3. The van der Waals surface area contributed by atoms with E-state index in [1.165, 1.54) is 66.8 Å². The molecule has 1 aliphatic heterocycles. The Bertz CT molecular complexity index is 1380. The largest absolute Gasteiger partial charge is 0.274 e. The molecule has 4 aromatic rings. The molecule has 34 heavy (non-hydrogen) atoms. The lowest BCUT2D eigenvalue weighted by atomic mass is 10.0. The molecular formula is C28H31NO2S3. The van der Waals surface area contributed by atoms with Crippen LogP contribution in [0.4, 0.5) is 0 Å². The number of aryl methyl sites for hydroxylation is 4. The Balaban J connectivity index is 1.49. The highest BCUT2D eigenvalue weighted by atomic mass is 32.1. The van der Waals surface area contributed by atoms with Gasteiger partial charge in [0.2, 0.25) is 0 Å². The molecule has 0 spiro atoms. The first-order chi connectivity index (χ1) is 16.3. The zero-order valence-electron chi connectivity index (χ0n) is 20.6. The van der Waals surface area contributed by atoms with Crippen LogP contribution in [-0.4, -0.2) is 23.3 Å². The summed E-state index contributed by atoms with van der Waals surface area (Å²) in [5.74, 6) is -0.201. The van der Waals surface area contributed by atoms with E-state index in [0.29, 0.717) is 17.7 Å². The number of carbonyl (C=O) groups is 2. The van der Waals surface area contributed by atoms with Crippen LogP contribution in [0.3, 0.4) is 0 Å². The predicted octanol–water partition coefficient (Wildman–Crippen LogP) is 9.03. The average molecular weight is 510 g/mol. The molecule has 6 heteroatoms. The second kappa shape index (κ2) is 9.21. The summed E-state index contributed by atoms with van der Waals surface area (Å²) < 4.78 is 2.65. The number of rotatable bonds is 8. The van der Waals surface area contributed by atoms with Gasteiger partial charge >= 0.3 is 0 Å². The molecule has 0 saturated heterocycles. The van der Waals surface area contributed by atoms with Gasteiger partial charge in [0.25, 0.3) is 11.8 Å². The third kappa shape index (κ3) is 3.75. The summed E-state index contributed by atoms with van der Waals surface area (Å²) in [4.78, 5) is 32.5. The molecule has 3 aromatic heterocycles. The van der Waals surface area contributed by atoms with Crippen molar-refractivity contribution >= 4 is 66.0 Å². The molecule has 0 saturated carbocycles. The lowest BCUT2D eigenvalue weighted by Crippen LogP contribution is -2.31. The minimum Gasteiger partial charge on any atom is -0.274 e. The minimum absolute atomic E-state index is 0.0991. The van der Waals surface area contributed by atoms with Crippen LogP contribution in [0.25, 0.3) is 29.9 Å².